The Bertz CT molecular complexity index is 422. The third-order valence-corrected chi connectivity index (χ3v) is 2.56. The van der Waals surface area contributed by atoms with E-state index in [4.69, 9.17) is 0 Å². The van der Waals surface area contributed by atoms with Gasteiger partial charge in [-0.2, -0.15) is 0 Å². The average Bonchev–Trinajstić information content (AvgIpc) is 2.31. The lowest BCUT2D eigenvalue weighted by Crippen LogP contribution is -2.01. The van der Waals surface area contributed by atoms with Crippen LogP contribution in [0.15, 0.2) is 18.2 Å². The van der Waals surface area contributed by atoms with Crippen LogP contribution in [0.4, 0.5) is 5.69 Å². The first-order valence-corrected chi connectivity index (χ1v) is 5.63. The summed E-state index contributed by atoms with van der Waals surface area (Å²) in [6.07, 6.45) is 5.75. The fraction of sp³-hybridized carbons (Fsp3) is 0.385. The summed E-state index contributed by atoms with van der Waals surface area (Å²) in [6.45, 7) is 5.78. The van der Waals surface area contributed by atoms with Crippen molar-refractivity contribution in [3.63, 3.8) is 0 Å². The van der Waals surface area contributed by atoms with Gasteiger partial charge in [0.05, 0.1) is 10.5 Å². The molecule has 3 nitrogen and oxygen atoms in total. The van der Waals surface area contributed by atoms with Gasteiger partial charge in [0.25, 0.3) is 5.69 Å². The van der Waals surface area contributed by atoms with Gasteiger partial charge < -0.3 is 0 Å². The Hall–Kier alpha value is -1.64. The van der Waals surface area contributed by atoms with Crippen LogP contribution in [-0.4, -0.2) is 4.92 Å². The number of aryl methyl sites for hydroxylation is 2. The fourth-order valence-electron chi connectivity index (χ4n) is 1.85. The van der Waals surface area contributed by atoms with Crippen LogP contribution in [0.2, 0.25) is 0 Å². The molecule has 0 spiro atoms. The number of allylic oxidation sites excluding steroid dienone is 1. The van der Waals surface area contributed by atoms with Crippen molar-refractivity contribution in [2.75, 3.05) is 0 Å². The summed E-state index contributed by atoms with van der Waals surface area (Å²) in [5, 5.41) is 10.9. The van der Waals surface area contributed by atoms with E-state index in [1.54, 1.807) is 6.92 Å². The highest BCUT2D eigenvalue weighted by molar-refractivity contribution is 5.68. The van der Waals surface area contributed by atoms with Gasteiger partial charge in [0.15, 0.2) is 0 Å². The van der Waals surface area contributed by atoms with Crippen molar-refractivity contribution in [2.24, 2.45) is 0 Å². The van der Waals surface area contributed by atoms with Crippen molar-refractivity contribution < 1.29 is 4.92 Å². The summed E-state index contributed by atoms with van der Waals surface area (Å²) in [5.41, 5.74) is 2.88. The van der Waals surface area contributed by atoms with E-state index in [0.717, 1.165) is 29.5 Å². The summed E-state index contributed by atoms with van der Waals surface area (Å²) < 4.78 is 0. The second-order valence-electron chi connectivity index (χ2n) is 3.50. The van der Waals surface area contributed by atoms with Gasteiger partial charge >= 0.3 is 0 Å². The minimum Gasteiger partial charge on any atom is -0.258 e. The molecule has 0 fully saturated rings. The Balaban J connectivity index is 0.000000606. The zero-order valence-corrected chi connectivity index (χ0v) is 9.99. The minimum atomic E-state index is -0.288. The molecule has 0 aliphatic heterocycles. The molecule has 1 aliphatic carbocycles. The molecule has 16 heavy (non-hydrogen) atoms. The first-order valence-electron chi connectivity index (χ1n) is 5.63. The number of nitro groups is 1. The summed E-state index contributed by atoms with van der Waals surface area (Å²) in [7, 11) is 0. The number of hydrogen-bond donors (Lipinski definition) is 0. The van der Waals surface area contributed by atoms with Gasteiger partial charge in [-0.05, 0) is 25.3 Å². The molecular weight excluding hydrogens is 202 g/mol. The molecule has 0 heterocycles. The summed E-state index contributed by atoms with van der Waals surface area (Å²) in [5.74, 6) is 0. The highest BCUT2D eigenvalue weighted by atomic mass is 16.6. The normalized spacial score (nSPS) is 12.4. The topological polar surface area (TPSA) is 43.1 Å². The van der Waals surface area contributed by atoms with Gasteiger partial charge in [-0.25, -0.2) is 0 Å². The lowest BCUT2D eigenvalue weighted by Gasteiger charge is -2.11. The maximum absolute atomic E-state index is 10.9. The van der Waals surface area contributed by atoms with Crippen LogP contribution in [0.1, 0.15) is 37.0 Å². The van der Waals surface area contributed by atoms with E-state index in [2.05, 4.69) is 0 Å². The maximum atomic E-state index is 10.9. The molecule has 2 rings (SSSR count). The molecule has 1 aliphatic rings. The zero-order valence-electron chi connectivity index (χ0n) is 9.99. The second kappa shape index (κ2) is 5.45. The van der Waals surface area contributed by atoms with Crippen molar-refractivity contribution in [1.82, 2.24) is 0 Å². The Kier molecular flexibility index (Phi) is 4.23. The summed E-state index contributed by atoms with van der Waals surface area (Å²) in [6, 6.07) is 3.82. The SMILES string of the molecule is CC.Cc1ccc2c(c1[N+](=O)[O-])C=CCC2. The van der Waals surface area contributed by atoms with E-state index in [1.807, 2.05) is 38.1 Å². The van der Waals surface area contributed by atoms with Crippen LogP contribution < -0.4 is 0 Å². The number of rotatable bonds is 1. The predicted molar refractivity (Wildman–Crippen MR) is 66.5 cm³/mol. The smallest absolute Gasteiger partial charge is 0.258 e. The van der Waals surface area contributed by atoms with E-state index in [1.165, 1.54) is 0 Å². The first kappa shape index (κ1) is 12.4. The van der Waals surface area contributed by atoms with Crippen molar-refractivity contribution in [3.05, 3.63) is 45.0 Å². The van der Waals surface area contributed by atoms with Crippen LogP contribution in [0.5, 0.6) is 0 Å². The summed E-state index contributed by atoms with van der Waals surface area (Å²) >= 11 is 0. The number of nitrogens with zero attached hydrogens (tertiary/aromatic N) is 1. The van der Waals surface area contributed by atoms with Crippen LogP contribution >= 0.6 is 0 Å². The summed E-state index contributed by atoms with van der Waals surface area (Å²) in [4.78, 5) is 10.6. The van der Waals surface area contributed by atoms with Crippen LogP contribution in [0.3, 0.4) is 0 Å². The Labute approximate surface area is 95.9 Å². The number of nitro benzene ring substituents is 1. The molecule has 0 saturated heterocycles. The second-order valence-corrected chi connectivity index (χ2v) is 3.50. The maximum Gasteiger partial charge on any atom is 0.279 e. The van der Waals surface area contributed by atoms with Crippen molar-refractivity contribution in [1.29, 1.82) is 0 Å². The van der Waals surface area contributed by atoms with Gasteiger partial charge in [-0.3, -0.25) is 10.1 Å². The molecule has 0 amide bonds. The number of hydrogen-bond acceptors (Lipinski definition) is 2. The van der Waals surface area contributed by atoms with Crippen LogP contribution in [0.25, 0.3) is 6.08 Å². The van der Waals surface area contributed by atoms with Gasteiger partial charge in [0.2, 0.25) is 0 Å². The first-order chi connectivity index (χ1) is 7.70. The molecule has 0 atom stereocenters. The molecule has 1 aromatic carbocycles. The van der Waals surface area contributed by atoms with Crippen molar-refractivity contribution >= 4 is 11.8 Å². The van der Waals surface area contributed by atoms with E-state index in [-0.39, 0.29) is 10.6 Å². The third-order valence-electron chi connectivity index (χ3n) is 2.56. The average molecular weight is 219 g/mol. The molecular formula is C13H17NO2. The number of benzene rings is 1. The monoisotopic (exact) mass is 219 g/mol. The van der Waals surface area contributed by atoms with E-state index in [0.29, 0.717) is 0 Å². The fourth-order valence-corrected chi connectivity index (χ4v) is 1.85. The lowest BCUT2D eigenvalue weighted by molar-refractivity contribution is -0.385. The lowest BCUT2D eigenvalue weighted by atomic mass is 9.94. The Morgan fingerprint density at radius 1 is 1.31 bits per heavy atom. The van der Waals surface area contributed by atoms with E-state index < -0.39 is 0 Å². The quantitative estimate of drug-likeness (QED) is 0.531. The highest BCUT2D eigenvalue weighted by Gasteiger charge is 2.19. The molecule has 3 heteroatoms. The standard InChI is InChI=1S/C11H11NO2.C2H6/c1-8-6-7-9-4-2-3-5-10(9)11(8)12(13)14;1-2/h3,5-7H,2,4H2,1H3;1-2H3. The van der Waals surface area contributed by atoms with E-state index >= 15 is 0 Å². The molecule has 86 valence electrons. The van der Waals surface area contributed by atoms with Crippen LogP contribution in [0, 0.1) is 17.0 Å². The van der Waals surface area contributed by atoms with Gasteiger partial charge in [-0.15, -0.1) is 0 Å². The molecule has 0 radical (unpaired) electrons. The largest absolute Gasteiger partial charge is 0.279 e. The predicted octanol–water partition coefficient (Wildman–Crippen LogP) is 3.89. The molecule has 0 aromatic heterocycles. The Morgan fingerprint density at radius 3 is 2.62 bits per heavy atom. The van der Waals surface area contributed by atoms with Gasteiger partial charge in [-0.1, -0.05) is 38.1 Å². The molecule has 0 unspecified atom stereocenters. The molecule has 1 aromatic rings. The van der Waals surface area contributed by atoms with Crippen LogP contribution in [-0.2, 0) is 6.42 Å². The Morgan fingerprint density at radius 2 is 2.00 bits per heavy atom. The van der Waals surface area contributed by atoms with Gasteiger partial charge in [0.1, 0.15) is 0 Å². The van der Waals surface area contributed by atoms with Crippen molar-refractivity contribution in [2.45, 2.75) is 33.6 Å². The molecule has 0 bridgehead atoms. The van der Waals surface area contributed by atoms with Crippen molar-refractivity contribution in [3.8, 4) is 0 Å². The van der Waals surface area contributed by atoms with E-state index in [9.17, 15) is 10.1 Å². The minimum absolute atomic E-state index is 0.262. The third kappa shape index (κ3) is 2.30. The highest BCUT2D eigenvalue weighted by Crippen LogP contribution is 2.31. The van der Waals surface area contributed by atoms with Gasteiger partial charge in [0, 0.05) is 5.56 Å². The molecule has 0 N–H and O–H groups in total. The number of fused-ring (bicyclic) bond motifs is 1. The zero-order chi connectivity index (χ0) is 12.1. The molecule has 0 saturated carbocycles.